The summed E-state index contributed by atoms with van der Waals surface area (Å²) in [5.41, 5.74) is 6.12. The molecule has 0 aromatic heterocycles. The molecule has 1 aliphatic heterocycles. The quantitative estimate of drug-likeness (QED) is 0.830. The van der Waals surface area contributed by atoms with Crippen LogP contribution in [0.2, 0.25) is 0 Å². The third-order valence-electron chi connectivity index (χ3n) is 4.01. The SMILES string of the molecule is CC(C)C(C)C(=O)N1CCC(N)C(C)(C)C1.Cl. The van der Waals surface area contributed by atoms with Gasteiger partial charge in [0.15, 0.2) is 0 Å². The fraction of sp³-hybridized carbons (Fsp3) is 0.923. The van der Waals surface area contributed by atoms with Crippen LogP contribution in [0.3, 0.4) is 0 Å². The molecule has 0 aliphatic carbocycles. The molecule has 2 unspecified atom stereocenters. The molecule has 102 valence electrons. The molecular weight excluding hydrogens is 236 g/mol. The van der Waals surface area contributed by atoms with Crippen molar-refractivity contribution in [1.82, 2.24) is 4.90 Å². The lowest BCUT2D eigenvalue weighted by Crippen LogP contribution is -2.55. The Morgan fingerprint density at radius 3 is 2.29 bits per heavy atom. The van der Waals surface area contributed by atoms with Crippen LogP contribution in [0.1, 0.15) is 41.0 Å². The van der Waals surface area contributed by atoms with Gasteiger partial charge in [0.05, 0.1) is 0 Å². The minimum atomic E-state index is 0. The highest BCUT2D eigenvalue weighted by atomic mass is 35.5. The van der Waals surface area contributed by atoms with Gasteiger partial charge in [-0.15, -0.1) is 12.4 Å². The number of carbonyl (C=O) groups excluding carboxylic acids is 1. The van der Waals surface area contributed by atoms with Crippen molar-refractivity contribution in [3.05, 3.63) is 0 Å². The van der Waals surface area contributed by atoms with Gasteiger partial charge >= 0.3 is 0 Å². The summed E-state index contributed by atoms with van der Waals surface area (Å²) in [6.07, 6.45) is 0.920. The lowest BCUT2D eigenvalue weighted by atomic mass is 9.79. The standard InChI is InChI=1S/C13H26N2O.ClH/c1-9(2)10(3)12(16)15-7-6-11(14)13(4,5)8-15;/h9-11H,6-8,14H2,1-5H3;1H. The zero-order chi connectivity index (χ0) is 12.5. The molecule has 1 aliphatic rings. The van der Waals surface area contributed by atoms with Crippen molar-refractivity contribution in [2.24, 2.45) is 23.0 Å². The van der Waals surface area contributed by atoms with Gasteiger partial charge in [0, 0.05) is 25.0 Å². The third kappa shape index (κ3) is 3.85. The number of halogens is 1. The first-order chi connectivity index (χ1) is 7.25. The maximum absolute atomic E-state index is 12.2. The van der Waals surface area contributed by atoms with E-state index in [2.05, 4.69) is 27.7 Å². The van der Waals surface area contributed by atoms with Crippen molar-refractivity contribution in [2.45, 2.75) is 47.1 Å². The summed E-state index contributed by atoms with van der Waals surface area (Å²) in [7, 11) is 0. The first kappa shape index (κ1) is 16.7. The minimum Gasteiger partial charge on any atom is -0.342 e. The summed E-state index contributed by atoms with van der Waals surface area (Å²) in [6, 6.07) is 0.214. The Balaban J connectivity index is 0.00000256. The smallest absolute Gasteiger partial charge is 0.225 e. The molecule has 2 N–H and O–H groups in total. The Morgan fingerprint density at radius 1 is 1.35 bits per heavy atom. The number of nitrogens with zero attached hydrogens (tertiary/aromatic N) is 1. The molecule has 4 heteroatoms. The van der Waals surface area contributed by atoms with Crippen LogP contribution in [-0.4, -0.2) is 29.9 Å². The van der Waals surface area contributed by atoms with Gasteiger partial charge in [-0.05, 0) is 17.8 Å². The Kier molecular flexibility index (Phi) is 5.95. The van der Waals surface area contributed by atoms with Crippen LogP contribution in [0.25, 0.3) is 0 Å². The molecule has 1 heterocycles. The molecule has 1 amide bonds. The predicted octanol–water partition coefficient (Wildman–Crippen LogP) is 2.29. The van der Waals surface area contributed by atoms with Crippen LogP contribution in [0.5, 0.6) is 0 Å². The van der Waals surface area contributed by atoms with E-state index in [-0.39, 0.29) is 35.7 Å². The zero-order valence-corrected chi connectivity index (χ0v) is 12.5. The number of hydrogen-bond acceptors (Lipinski definition) is 2. The number of piperidine rings is 1. The van der Waals surface area contributed by atoms with Gasteiger partial charge in [0.2, 0.25) is 5.91 Å². The Hall–Kier alpha value is -0.280. The summed E-state index contributed by atoms with van der Waals surface area (Å²) in [5.74, 6) is 0.811. The zero-order valence-electron chi connectivity index (χ0n) is 11.7. The molecule has 17 heavy (non-hydrogen) atoms. The molecule has 0 bridgehead atoms. The monoisotopic (exact) mass is 262 g/mol. The van der Waals surface area contributed by atoms with Crippen LogP contribution in [0.4, 0.5) is 0 Å². The van der Waals surface area contributed by atoms with Gasteiger partial charge in [0.25, 0.3) is 0 Å². The van der Waals surface area contributed by atoms with Gasteiger partial charge in [-0.3, -0.25) is 4.79 Å². The van der Waals surface area contributed by atoms with E-state index in [4.69, 9.17) is 5.73 Å². The van der Waals surface area contributed by atoms with E-state index in [1.54, 1.807) is 0 Å². The summed E-state index contributed by atoms with van der Waals surface area (Å²) >= 11 is 0. The second kappa shape index (κ2) is 6.05. The molecule has 3 nitrogen and oxygen atoms in total. The van der Waals surface area contributed by atoms with Crippen molar-refractivity contribution >= 4 is 18.3 Å². The van der Waals surface area contributed by atoms with E-state index >= 15 is 0 Å². The fourth-order valence-corrected chi connectivity index (χ4v) is 2.14. The van der Waals surface area contributed by atoms with Gasteiger partial charge in [-0.25, -0.2) is 0 Å². The lowest BCUT2D eigenvalue weighted by molar-refractivity contribution is -0.139. The topological polar surface area (TPSA) is 46.3 Å². The summed E-state index contributed by atoms with van der Waals surface area (Å²) in [4.78, 5) is 14.2. The number of amides is 1. The second-order valence-corrected chi connectivity index (χ2v) is 6.18. The molecular formula is C13H27ClN2O. The molecule has 1 saturated heterocycles. The number of rotatable bonds is 2. The number of carbonyl (C=O) groups is 1. The molecule has 2 atom stereocenters. The summed E-state index contributed by atoms with van der Waals surface area (Å²) < 4.78 is 0. The third-order valence-corrected chi connectivity index (χ3v) is 4.01. The van der Waals surface area contributed by atoms with Crippen molar-refractivity contribution in [3.63, 3.8) is 0 Å². The average molecular weight is 263 g/mol. The molecule has 0 aromatic carbocycles. The van der Waals surface area contributed by atoms with Gasteiger partial charge in [0.1, 0.15) is 0 Å². The van der Waals surface area contributed by atoms with Crippen LogP contribution in [0.15, 0.2) is 0 Å². The highest BCUT2D eigenvalue weighted by molar-refractivity contribution is 5.85. The van der Waals surface area contributed by atoms with Crippen molar-refractivity contribution in [2.75, 3.05) is 13.1 Å². The van der Waals surface area contributed by atoms with E-state index in [0.717, 1.165) is 19.5 Å². The molecule has 1 fully saturated rings. The second-order valence-electron chi connectivity index (χ2n) is 6.18. The van der Waals surface area contributed by atoms with E-state index in [9.17, 15) is 4.79 Å². The maximum Gasteiger partial charge on any atom is 0.225 e. The fourth-order valence-electron chi connectivity index (χ4n) is 2.14. The summed E-state index contributed by atoms with van der Waals surface area (Å²) in [6.45, 7) is 12.1. The number of likely N-dealkylation sites (tertiary alicyclic amines) is 1. The van der Waals surface area contributed by atoms with Crippen LogP contribution in [0, 0.1) is 17.3 Å². The highest BCUT2D eigenvalue weighted by Gasteiger charge is 2.36. The van der Waals surface area contributed by atoms with E-state index in [0.29, 0.717) is 5.92 Å². The summed E-state index contributed by atoms with van der Waals surface area (Å²) in [5, 5.41) is 0. The van der Waals surface area contributed by atoms with Crippen molar-refractivity contribution in [1.29, 1.82) is 0 Å². The normalized spacial score (nSPS) is 25.4. The van der Waals surface area contributed by atoms with E-state index in [1.165, 1.54) is 0 Å². The van der Waals surface area contributed by atoms with Crippen LogP contribution < -0.4 is 5.73 Å². The predicted molar refractivity (Wildman–Crippen MR) is 74.2 cm³/mol. The van der Waals surface area contributed by atoms with Crippen molar-refractivity contribution < 1.29 is 4.79 Å². The van der Waals surface area contributed by atoms with E-state index < -0.39 is 0 Å². The van der Waals surface area contributed by atoms with Crippen molar-refractivity contribution in [3.8, 4) is 0 Å². The lowest BCUT2D eigenvalue weighted by Gasteiger charge is -2.43. The first-order valence-electron chi connectivity index (χ1n) is 6.30. The maximum atomic E-state index is 12.2. The number of nitrogens with two attached hydrogens (primary N) is 1. The average Bonchev–Trinajstić information content (AvgIpc) is 2.19. The van der Waals surface area contributed by atoms with E-state index in [1.807, 2.05) is 11.8 Å². The molecule has 1 rings (SSSR count). The Labute approximate surface area is 112 Å². The van der Waals surface area contributed by atoms with Gasteiger partial charge in [-0.1, -0.05) is 34.6 Å². The Morgan fingerprint density at radius 2 is 1.88 bits per heavy atom. The Bertz CT molecular complexity index is 266. The highest BCUT2D eigenvalue weighted by Crippen LogP contribution is 2.29. The minimum absolute atomic E-state index is 0. The molecule has 0 saturated carbocycles. The van der Waals surface area contributed by atoms with Gasteiger partial charge < -0.3 is 10.6 Å². The number of hydrogen-bond donors (Lipinski definition) is 1. The molecule has 0 spiro atoms. The first-order valence-corrected chi connectivity index (χ1v) is 6.30. The van der Waals surface area contributed by atoms with Gasteiger partial charge in [-0.2, -0.15) is 0 Å². The van der Waals surface area contributed by atoms with Crippen LogP contribution >= 0.6 is 12.4 Å². The molecule has 0 aromatic rings. The molecule has 0 radical (unpaired) electrons. The largest absolute Gasteiger partial charge is 0.342 e. The van der Waals surface area contributed by atoms with Crippen LogP contribution in [-0.2, 0) is 4.79 Å².